The van der Waals surface area contributed by atoms with Crippen LogP contribution in [0.1, 0.15) is 30.0 Å². The number of aromatic nitrogens is 5. The number of benzene rings is 1. The Balaban J connectivity index is 1.98. The molecule has 3 heterocycles. The monoisotopic (exact) mass is 382 g/mol. The van der Waals surface area contributed by atoms with Crippen molar-refractivity contribution in [2.75, 3.05) is 13.7 Å². The number of aryl methyl sites for hydroxylation is 1. The number of imidazole rings is 1. The maximum Gasteiger partial charge on any atom is 0.262 e. The van der Waals surface area contributed by atoms with Crippen molar-refractivity contribution < 1.29 is 18.4 Å². The fourth-order valence-corrected chi connectivity index (χ4v) is 3.22. The average Bonchev–Trinajstić information content (AvgIpc) is 3.33. The van der Waals surface area contributed by atoms with Crippen LogP contribution in [0.4, 0.5) is 4.39 Å². The van der Waals surface area contributed by atoms with Crippen LogP contribution in [-0.4, -0.2) is 33.2 Å². The van der Waals surface area contributed by atoms with Crippen molar-refractivity contribution in [3.63, 3.8) is 0 Å². The van der Waals surface area contributed by atoms with Gasteiger partial charge < -0.3 is 14.5 Å². The molecule has 0 spiro atoms. The van der Waals surface area contributed by atoms with E-state index in [4.69, 9.17) is 9.26 Å². The van der Waals surface area contributed by atoms with Gasteiger partial charge in [-0.2, -0.15) is 15.0 Å². The largest absolute Gasteiger partial charge is 0.618 e. The van der Waals surface area contributed by atoms with E-state index in [1.165, 1.54) is 12.4 Å². The van der Waals surface area contributed by atoms with Crippen LogP contribution in [0.15, 0.2) is 23.0 Å². The number of fused-ring (bicyclic) bond motifs is 3. The van der Waals surface area contributed by atoms with Crippen molar-refractivity contribution in [3.05, 3.63) is 46.6 Å². The van der Waals surface area contributed by atoms with Gasteiger partial charge in [0, 0.05) is 14.0 Å². The summed E-state index contributed by atoms with van der Waals surface area (Å²) >= 11 is 0. The van der Waals surface area contributed by atoms with Gasteiger partial charge >= 0.3 is 0 Å². The van der Waals surface area contributed by atoms with Crippen molar-refractivity contribution in [2.45, 2.75) is 19.8 Å². The minimum Gasteiger partial charge on any atom is -0.618 e. The van der Waals surface area contributed by atoms with E-state index in [-0.39, 0.29) is 28.5 Å². The second kappa shape index (κ2) is 6.54. The first kappa shape index (κ1) is 17.8. The molecule has 1 unspecified atom stereocenters. The summed E-state index contributed by atoms with van der Waals surface area (Å²) in [6.07, 6.45) is 1.48. The molecule has 0 aliphatic heterocycles. The van der Waals surface area contributed by atoms with Crippen LogP contribution in [0.2, 0.25) is 0 Å². The molecule has 0 saturated carbocycles. The highest BCUT2D eigenvalue weighted by atomic mass is 19.1. The summed E-state index contributed by atoms with van der Waals surface area (Å²) in [5.41, 5.74) is 1.01. The smallest absolute Gasteiger partial charge is 0.262 e. The quantitative estimate of drug-likeness (QED) is 0.392. The average molecular weight is 382 g/mol. The lowest BCUT2D eigenvalue weighted by Crippen LogP contribution is -2.33. The third-order valence-corrected chi connectivity index (χ3v) is 4.59. The Morgan fingerprint density at radius 3 is 2.96 bits per heavy atom. The third kappa shape index (κ3) is 2.48. The molecule has 28 heavy (non-hydrogen) atoms. The molecule has 1 atom stereocenters. The fraction of sp³-hybridized carbons (Fsp3) is 0.278. The molecule has 0 saturated heterocycles. The molecule has 0 aliphatic rings. The van der Waals surface area contributed by atoms with Crippen molar-refractivity contribution in [2.24, 2.45) is 0 Å². The highest BCUT2D eigenvalue weighted by Crippen LogP contribution is 2.28. The fourth-order valence-electron chi connectivity index (χ4n) is 3.22. The first-order valence-electron chi connectivity index (χ1n) is 8.42. The number of hydrogen-bond donors (Lipinski definition) is 0. The molecule has 142 valence electrons. The molecular weight excluding hydrogens is 367 g/mol. The van der Waals surface area contributed by atoms with Gasteiger partial charge in [0.05, 0.1) is 12.5 Å². The maximum absolute atomic E-state index is 14.0. The number of rotatable bonds is 4. The Hall–Kier alpha value is -3.58. The molecule has 1 aromatic carbocycles. The van der Waals surface area contributed by atoms with Gasteiger partial charge in [0.25, 0.3) is 5.52 Å². The van der Waals surface area contributed by atoms with Crippen molar-refractivity contribution in [1.82, 2.24) is 19.5 Å². The lowest BCUT2D eigenvalue weighted by Gasteiger charge is -2.09. The SMILES string of the molecule is COCC(C)c1nc(-c2ncn3c2c(C)[n+]([O-])c2c(C#N)c(F)ccc23)no1. The summed E-state index contributed by atoms with van der Waals surface area (Å²) in [6, 6.07) is 4.33. The highest BCUT2D eigenvalue weighted by molar-refractivity contribution is 5.85. The molecule has 0 radical (unpaired) electrons. The van der Waals surface area contributed by atoms with Crippen LogP contribution in [0.25, 0.3) is 28.1 Å². The van der Waals surface area contributed by atoms with Crippen LogP contribution in [0, 0.1) is 29.3 Å². The van der Waals surface area contributed by atoms with E-state index in [0.29, 0.717) is 34.0 Å². The molecule has 0 bridgehead atoms. The van der Waals surface area contributed by atoms with Gasteiger partial charge in [0.2, 0.25) is 17.4 Å². The topological polar surface area (TPSA) is 116 Å². The minimum atomic E-state index is -0.756. The molecule has 9 nitrogen and oxygen atoms in total. The van der Waals surface area contributed by atoms with E-state index < -0.39 is 5.82 Å². The van der Waals surface area contributed by atoms with Crippen molar-refractivity contribution in [3.8, 4) is 17.6 Å². The van der Waals surface area contributed by atoms with Crippen molar-refractivity contribution in [1.29, 1.82) is 5.26 Å². The molecule has 10 heteroatoms. The van der Waals surface area contributed by atoms with E-state index >= 15 is 0 Å². The third-order valence-electron chi connectivity index (χ3n) is 4.59. The van der Waals surface area contributed by atoms with Gasteiger partial charge in [-0.15, -0.1) is 0 Å². The van der Waals surface area contributed by atoms with Crippen LogP contribution in [0.3, 0.4) is 0 Å². The Bertz CT molecular complexity index is 1260. The standard InChI is InChI=1S/C18H15FN6O3/c1-9(7-27-3)18-22-17(23-28-18)14-15-10(2)25(26)16-11(6-20)12(19)4-5-13(16)24(15)8-21-14/h4-5,8-9H,7H2,1-3H3. The number of nitriles is 1. The summed E-state index contributed by atoms with van der Waals surface area (Å²) in [4.78, 5) is 8.69. The molecule has 3 aromatic heterocycles. The minimum absolute atomic E-state index is 0.0565. The number of hydrogen-bond acceptors (Lipinski definition) is 7. The van der Waals surface area contributed by atoms with E-state index in [9.17, 15) is 14.9 Å². The molecule has 0 fully saturated rings. The van der Waals surface area contributed by atoms with Gasteiger partial charge in [0.1, 0.15) is 34.9 Å². The predicted octanol–water partition coefficient (Wildman–Crippen LogP) is 2.24. The van der Waals surface area contributed by atoms with Gasteiger partial charge in [0.15, 0.2) is 5.56 Å². The van der Waals surface area contributed by atoms with E-state index in [0.717, 1.165) is 6.07 Å². The van der Waals surface area contributed by atoms with E-state index in [1.807, 2.05) is 6.92 Å². The van der Waals surface area contributed by atoms with Crippen LogP contribution < -0.4 is 4.73 Å². The second-order valence-electron chi connectivity index (χ2n) is 6.41. The highest BCUT2D eigenvalue weighted by Gasteiger charge is 2.26. The normalized spacial score (nSPS) is 12.5. The summed E-state index contributed by atoms with van der Waals surface area (Å²) in [5, 5.41) is 26.1. The Kier molecular flexibility index (Phi) is 4.16. The summed E-state index contributed by atoms with van der Waals surface area (Å²) in [5.74, 6) is -0.243. The molecule has 0 aliphatic carbocycles. The summed E-state index contributed by atoms with van der Waals surface area (Å²) < 4.78 is 26.5. The van der Waals surface area contributed by atoms with Crippen LogP contribution in [0.5, 0.6) is 0 Å². The zero-order valence-electron chi connectivity index (χ0n) is 15.3. The number of nitrogens with zero attached hydrogens (tertiary/aromatic N) is 6. The lowest BCUT2D eigenvalue weighted by molar-refractivity contribution is -0.583. The second-order valence-corrected chi connectivity index (χ2v) is 6.41. The maximum atomic E-state index is 14.0. The van der Waals surface area contributed by atoms with E-state index in [1.54, 1.807) is 24.5 Å². The van der Waals surface area contributed by atoms with E-state index in [2.05, 4.69) is 15.1 Å². The van der Waals surface area contributed by atoms with Gasteiger partial charge in [-0.1, -0.05) is 12.1 Å². The van der Waals surface area contributed by atoms with Crippen LogP contribution in [-0.2, 0) is 4.74 Å². The number of ether oxygens (including phenoxy) is 1. The Labute approximate surface area is 158 Å². The molecule has 4 rings (SSSR count). The van der Waals surface area contributed by atoms with Crippen molar-refractivity contribution >= 4 is 16.6 Å². The molecule has 0 amide bonds. The predicted molar refractivity (Wildman–Crippen MR) is 94.7 cm³/mol. The zero-order chi connectivity index (χ0) is 20.0. The first-order chi connectivity index (χ1) is 13.5. The number of methoxy groups -OCH3 is 1. The molecular formula is C18H15FN6O3. The summed E-state index contributed by atoms with van der Waals surface area (Å²) in [6.45, 7) is 3.86. The van der Waals surface area contributed by atoms with Gasteiger partial charge in [-0.25, -0.2) is 9.37 Å². The first-order valence-corrected chi connectivity index (χ1v) is 8.42. The molecule has 4 aromatic rings. The summed E-state index contributed by atoms with van der Waals surface area (Å²) in [7, 11) is 1.58. The Morgan fingerprint density at radius 1 is 1.46 bits per heavy atom. The van der Waals surface area contributed by atoms with Crippen LogP contribution >= 0.6 is 0 Å². The zero-order valence-corrected chi connectivity index (χ0v) is 15.3. The Morgan fingerprint density at radius 2 is 2.25 bits per heavy atom. The number of halogens is 1. The van der Waals surface area contributed by atoms with Gasteiger partial charge in [-0.05, 0) is 12.1 Å². The van der Waals surface area contributed by atoms with Gasteiger partial charge in [-0.3, -0.25) is 4.40 Å². The molecule has 0 N–H and O–H groups in total. The lowest BCUT2D eigenvalue weighted by atomic mass is 10.1.